The second-order valence-corrected chi connectivity index (χ2v) is 6.80. The van der Waals surface area contributed by atoms with Crippen molar-refractivity contribution >= 4 is 23.1 Å². The van der Waals surface area contributed by atoms with Gasteiger partial charge in [-0.25, -0.2) is 0 Å². The Labute approximate surface area is 143 Å². The first-order valence-electron chi connectivity index (χ1n) is 7.05. The molecule has 1 aromatic heterocycles. The van der Waals surface area contributed by atoms with Crippen LogP contribution in [0.4, 0.5) is 0 Å². The molecule has 0 atom stereocenters. The van der Waals surface area contributed by atoms with Gasteiger partial charge in [0.05, 0.1) is 12.0 Å². The molecule has 3 rings (SSSR count). The highest BCUT2D eigenvalue weighted by Gasteiger charge is 2.06. The van der Waals surface area contributed by atoms with Crippen LogP contribution in [0.3, 0.4) is 0 Å². The maximum absolute atomic E-state index is 9.44. The van der Waals surface area contributed by atoms with E-state index in [4.69, 9.17) is 9.47 Å². The minimum Gasteiger partial charge on any atom is -0.508 e. The van der Waals surface area contributed by atoms with E-state index in [1.165, 1.54) is 0 Å². The van der Waals surface area contributed by atoms with Crippen molar-refractivity contribution < 1.29 is 14.6 Å². The Morgan fingerprint density at radius 1 is 1.09 bits per heavy atom. The van der Waals surface area contributed by atoms with E-state index in [1.807, 2.05) is 41.8 Å². The van der Waals surface area contributed by atoms with Crippen molar-refractivity contribution in [3.8, 4) is 16.6 Å². The zero-order valence-corrected chi connectivity index (χ0v) is 14.2. The van der Waals surface area contributed by atoms with Crippen LogP contribution in [0.1, 0.15) is 5.56 Å². The summed E-state index contributed by atoms with van der Waals surface area (Å²) in [5, 5.41) is 12.4. The molecule has 0 aliphatic heterocycles. The van der Waals surface area contributed by atoms with Crippen LogP contribution in [-0.4, -0.2) is 12.2 Å². The van der Waals surface area contributed by atoms with Gasteiger partial charge in [0.15, 0.2) is 5.06 Å². The summed E-state index contributed by atoms with van der Waals surface area (Å²) in [6.45, 7) is 0.430. The van der Waals surface area contributed by atoms with Gasteiger partial charge in [-0.15, -0.1) is 11.3 Å². The van der Waals surface area contributed by atoms with Crippen molar-refractivity contribution in [2.75, 3.05) is 7.11 Å². The number of hydrogen-bond acceptors (Lipinski definition) is 5. The van der Waals surface area contributed by atoms with E-state index in [0.717, 1.165) is 26.2 Å². The first-order chi connectivity index (χ1) is 11.2. The minimum absolute atomic E-state index is 0.252. The van der Waals surface area contributed by atoms with Crippen LogP contribution < -0.4 is 9.47 Å². The maximum Gasteiger partial charge on any atom is 0.187 e. The van der Waals surface area contributed by atoms with E-state index in [0.29, 0.717) is 6.61 Å². The SMILES string of the molecule is COc1sccc1Sc1ccc(OCc2cccc(O)c2)cc1. The van der Waals surface area contributed by atoms with Gasteiger partial charge in [0, 0.05) is 4.90 Å². The molecule has 3 aromatic rings. The van der Waals surface area contributed by atoms with Crippen LogP contribution in [0, 0.1) is 0 Å². The number of thiophene rings is 1. The summed E-state index contributed by atoms with van der Waals surface area (Å²) in [7, 11) is 1.69. The monoisotopic (exact) mass is 344 g/mol. The normalized spacial score (nSPS) is 10.5. The Morgan fingerprint density at radius 3 is 2.65 bits per heavy atom. The fourth-order valence-corrected chi connectivity index (χ4v) is 3.84. The quantitative estimate of drug-likeness (QED) is 0.668. The molecule has 0 bridgehead atoms. The standard InChI is InChI=1S/C18H16O3S2/c1-20-18-17(9-10-22-18)23-16-7-5-15(6-8-16)21-12-13-3-2-4-14(19)11-13/h2-11,19H,12H2,1H3. The average molecular weight is 344 g/mol. The van der Waals surface area contributed by atoms with Crippen LogP contribution in [0.2, 0.25) is 0 Å². The summed E-state index contributed by atoms with van der Waals surface area (Å²) in [4.78, 5) is 2.25. The van der Waals surface area contributed by atoms with Gasteiger partial charge >= 0.3 is 0 Å². The number of phenols is 1. The van der Waals surface area contributed by atoms with Crippen LogP contribution in [-0.2, 0) is 6.61 Å². The van der Waals surface area contributed by atoms with E-state index in [9.17, 15) is 5.11 Å². The molecule has 0 saturated heterocycles. The number of ether oxygens (including phenoxy) is 2. The molecular formula is C18H16O3S2. The molecular weight excluding hydrogens is 328 g/mol. The van der Waals surface area contributed by atoms with Crippen molar-refractivity contribution in [2.45, 2.75) is 16.4 Å². The molecule has 0 fully saturated rings. The van der Waals surface area contributed by atoms with Crippen LogP contribution >= 0.6 is 23.1 Å². The van der Waals surface area contributed by atoms with Gasteiger partial charge in [-0.05, 0) is 53.4 Å². The number of hydrogen-bond donors (Lipinski definition) is 1. The lowest BCUT2D eigenvalue weighted by Gasteiger charge is -2.08. The smallest absolute Gasteiger partial charge is 0.187 e. The molecule has 5 heteroatoms. The molecule has 3 nitrogen and oxygen atoms in total. The van der Waals surface area contributed by atoms with Crippen molar-refractivity contribution in [2.24, 2.45) is 0 Å². The zero-order valence-electron chi connectivity index (χ0n) is 12.6. The van der Waals surface area contributed by atoms with Gasteiger partial charge in [-0.1, -0.05) is 23.9 Å². The molecule has 1 N–H and O–H groups in total. The van der Waals surface area contributed by atoms with Gasteiger partial charge in [-0.2, -0.15) is 0 Å². The van der Waals surface area contributed by atoms with Crippen molar-refractivity contribution in [1.29, 1.82) is 0 Å². The first-order valence-corrected chi connectivity index (χ1v) is 8.74. The largest absolute Gasteiger partial charge is 0.508 e. The Kier molecular flexibility index (Phi) is 5.10. The van der Waals surface area contributed by atoms with E-state index >= 15 is 0 Å². The van der Waals surface area contributed by atoms with Gasteiger partial charge in [0.1, 0.15) is 18.1 Å². The number of benzene rings is 2. The second-order valence-electron chi connectivity index (χ2n) is 4.81. The molecule has 0 unspecified atom stereocenters. The fraction of sp³-hybridized carbons (Fsp3) is 0.111. The third kappa shape index (κ3) is 4.21. The van der Waals surface area contributed by atoms with E-state index < -0.39 is 0 Å². The Bertz CT molecular complexity index is 766. The van der Waals surface area contributed by atoms with Gasteiger partial charge in [-0.3, -0.25) is 0 Å². The number of rotatable bonds is 6. The molecule has 0 aliphatic carbocycles. The predicted molar refractivity (Wildman–Crippen MR) is 93.9 cm³/mol. The summed E-state index contributed by atoms with van der Waals surface area (Å²) in [5.41, 5.74) is 0.937. The highest BCUT2D eigenvalue weighted by molar-refractivity contribution is 7.99. The molecule has 1 heterocycles. The maximum atomic E-state index is 9.44. The molecule has 0 spiro atoms. The van der Waals surface area contributed by atoms with Crippen molar-refractivity contribution in [3.05, 3.63) is 65.5 Å². The highest BCUT2D eigenvalue weighted by Crippen LogP contribution is 2.39. The minimum atomic E-state index is 0.252. The number of aromatic hydroxyl groups is 1. The lowest BCUT2D eigenvalue weighted by molar-refractivity contribution is 0.305. The molecule has 0 aliphatic rings. The van der Waals surface area contributed by atoms with Gasteiger partial charge < -0.3 is 14.6 Å². The fourth-order valence-electron chi connectivity index (χ4n) is 2.05. The number of methoxy groups -OCH3 is 1. The van der Waals surface area contributed by atoms with E-state index in [2.05, 4.69) is 6.07 Å². The molecule has 0 amide bonds. The number of phenolic OH excluding ortho intramolecular Hbond substituents is 1. The summed E-state index contributed by atoms with van der Waals surface area (Å²) in [6, 6.07) is 17.1. The van der Waals surface area contributed by atoms with Gasteiger partial charge in [0.2, 0.25) is 0 Å². The van der Waals surface area contributed by atoms with Crippen LogP contribution in [0.5, 0.6) is 16.6 Å². The molecule has 23 heavy (non-hydrogen) atoms. The van der Waals surface area contributed by atoms with E-state index in [1.54, 1.807) is 42.3 Å². The Balaban J connectivity index is 1.61. The summed E-state index contributed by atoms with van der Waals surface area (Å²) in [5.74, 6) is 1.05. The Hall–Kier alpha value is -2.11. The zero-order chi connectivity index (χ0) is 16.1. The average Bonchev–Trinajstić information content (AvgIpc) is 3.01. The summed E-state index contributed by atoms with van der Waals surface area (Å²) >= 11 is 3.26. The topological polar surface area (TPSA) is 38.7 Å². The lowest BCUT2D eigenvalue weighted by atomic mass is 10.2. The molecule has 0 radical (unpaired) electrons. The van der Waals surface area contributed by atoms with E-state index in [-0.39, 0.29) is 5.75 Å². The van der Waals surface area contributed by atoms with Crippen molar-refractivity contribution in [3.63, 3.8) is 0 Å². The molecule has 2 aromatic carbocycles. The van der Waals surface area contributed by atoms with Crippen LogP contribution in [0.15, 0.2) is 69.8 Å². The molecule has 118 valence electrons. The summed E-state index contributed by atoms with van der Waals surface area (Å²) in [6.07, 6.45) is 0. The first kappa shape index (κ1) is 15.8. The predicted octanol–water partition coefficient (Wildman–Crippen LogP) is 5.19. The van der Waals surface area contributed by atoms with Crippen molar-refractivity contribution in [1.82, 2.24) is 0 Å². The Morgan fingerprint density at radius 2 is 1.91 bits per heavy atom. The highest BCUT2D eigenvalue weighted by atomic mass is 32.2. The third-order valence-corrected chi connectivity index (χ3v) is 5.20. The third-order valence-electron chi connectivity index (χ3n) is 3.15. The summed E-state index contributed by atoms with van der Waals surface area (Å²) < 4.78 is 11.1. The lowest BCUT2D eigenvalue weighted by Crippen LogP contribution is -1.94. The second kappa shape index (κ2) is 7.44. The van der Waals surface area contributed by atoms with Gasteiger partial charge in [0.25, 0.3) is 0 Å². The molecule has 0 saturated carbocycles. The van der Waals surface area contributed by atoms with Crippen LogP contribution in [0.25, 0.3) is 0 Å².